The van der Waals surface area contributed by atoms with Crippen LogP contribution in [0.4, 0.5) is 4.39 Å². The van der Waals surface area contributed by atoms with Crippen LogP contribution in [0.15, 0.2) is 58.3 Å². The number of hydrogen-bond donors (Lipinski definition) is 4. The minimum Gasteiger partial charge on any atom is -0.456 e. The highest BCUT2D eigenvalue weighted by atomic mass is 32.1. The average molecular weight is 580 g/mol. The molecule has 41 heavy (non-hydrogen) atoms. The van der Waals surface area contributed by atoms with Crippen LogP contribution in [0.2, 0.25) is 0 Å². The molecule has 0 bridgehead atoms. The number of thiophene rings is 1. The number of likely N-dealkylation sites (tertiary alicyclic amines) is 1. The number of amidine groups is 1. The van der Waals surface area contributed by atoms with Crippen LogP contribution in [0.25, 0.3) is 21.9 Å². The Morgan fingerprint density at radius 1 is 1.20 bits per heavy atom. The van der Waals surface area contributed by atoms with Gasteiger partial charge in [-0.1, -0.05) is 18.2 Å². The normalized spacial score (nSPS) is 19.4. The summed E-state index contributed by atoms with van der Waals surface area (Å²) in [5, 5.41) is 16.5. The lowest BCUT2D eigenvalue weighted by Crippen LogP contribution is -2.49. The molecule has 2 aromatic carbocycles. The smallest absolute Gasteiger partial charge is 0.251 e. The first-order chi connectivity index (χ1) is 19.6. The number of rotatable bonds is 9. The third-order valence-corrected chi connectivity index (χ3v) is 8.29. The van der Waals surface area contributed by atoms with Crippen molar-refractivity contribution in [2.75, 3.05) is 26.8 Å². The average Bonchev–Trinajstić information content (AvgIpc) is 3.67. The van der Waals surface area contributed by atoms with Gasteiger partial charge >= 0.3 is 0 Å². The summed E-state index contributed by atoms with van der Waals surface area (Å²) >= 11 is 1.33. The molecule has 1 aliphatic heterocycles. The quantitative estimate of drug-likeness (QED) is 0.176. The third-order valence-electron chi connectivity index (χ3n) is 7.17. The Morgan fingerprint density at radius 3 is 2.68 bits per heavy atom. The molecule has 4 aromatic rings. The Labute approximate surface area is 239 Å². The van der Waals surface area contributed by atoms with Gasteiger partial charge in [0.2, 0.25) is 11.8 Å². The number of para-hydroxylation sites is 1. The number of alkyl halides is 1. The fraction of sp³-hybridized carbons (Fsp3) is 0.310. The summed E-state index contributed by atoms with van der Waals surface area (Å²) < 4.78 is 26.4. The maximum atomic E-state index is 15.6. The zero-order chi connectivity index (χ0) is 29.3. The summed E-state index contributed by atoms with van der Waals surface area (Å²) in [6.45, 7) is 0.700. The Bertz CT molecular complexity index is 1650. The molecule has 0 saturated carbocycles. The van der Waals surface area contributed by atoms with E-state index in [0.29, 0.717) is 22.3 Å². The first-order valence-corrected chi connectivity index (χ1v) is 13.9. The van der Waals surface area contributed by atoms with Gasteiger partial charge in [0.1, 0.15) is 23.0 Å². The van der Waals surface area contributed by atoms with E-state index in [2.05, 4.69) is 10.6 Å². The number of nitrogens with one attached hydrogen (secondary N) is 3. The predicted molar refractivity (Wildman–Crippen MR) is 154 cm³/mol. The molecule has 5 rings (SSSR count). The monoisotopic (exact) mass is 579 g/mol. The fourth-order valence-corrected chi connectivity index (χ4v) is 6.04. The van der Waals surface area contributed by atoms with Crippen molar-refractivity contribution < 1.29 is 27.9 Å². The molecule has 2 aromatic heterocycles. The maximum absolute atomic E-state index is 15.6. The van der Waals surface area contributed by atoms with Crippen LogP contribution in [-0.4, -0.2) is 67.0 Å². The van der Waals surface area contributed by atoms with Crippen LogP contribution < -0.4 is 16.4 Å². The van der Waals surface area contributed by atoms with Crippen LogP contribution >= 0.6 is 11.3 Å². The Hall–Kier alpha value is -4.29. The lowest BCUT2D eigenvalue weighted by atomic mass is 10.0. The van der Waals surface area contributed by atoms with Crippen molar-refractivity contribution in [1.29, 1.82) is 5.41 Å². The van der Waals surface area contributed by atoms with E-state index < -0.39 is 42.0 Å². The molecule has 10 nitrogen and oxygen atoms in total. The number of nitrogen functional groups attached to an aromatic ring is 1. The van der Waals surface area contributed by atoms with Crippen molar-refractivity contribution in [3.63, 3.8) is 0 Å². The number of hydrogen-bond acceptors (Lipinski definition) is 7. The molecule has 3 atom stereocenters. The van der Waals surface area contributed by atoms with Gasteiger partial charge in [-0.3, -0.25) is 19.8 Å². The van der Waals surface area contributed by atoms with Crippen molar-refractivity contribution in [1.82, 2.24) is 15.5 Å². The maximum Gasteiger partial charge on any atom is 0.251 e. The molecule has 1 saturated heterocycles. The number of furan rings is 1. The van der Waals surface area contributed by atoms with Gasteiger partial charge in [0.25, 0.3) is 5.91 Å². The SMILES string of the molecule is COC[C@@]1(F)C[C@@H](C(=O)N[C@H](C)c2cc(C(=N)N)cs2)N(C(=O)CNC(=O)c2ccc3c(c2)oc2ccccc23)C1. The van der Waals surface area contributed by atoms with Crippen LogP contribution in [0.1, 0.15) is 40.2 Å². The lowest BCUT2D eigenvalue weighted by Gasteiger charge is -2.25. The molecule has 1 aliphatic rings. The van der Waals surface area contributed by atoms with Crippen LogP contribution in [0.5, 0.6) is 0 Å². The van der Waals surface area contributed by atoms with Crippen molar-refractivity contribution in [2.24, 2.45) is 5.73 Å². The van der Waals surface area contributed by atoms with Crippen molar-refractivity contribution in [3.05, 3.63) is 69.9 Å². The molecule has 3 heterocycles. The molecule has 5 N–H and O–H groups in total. The number of nitrogens with zero attached hydrogens (tertiary/aromatic N) is 1. The molecule has 12 heteroatoms. The standard InChI is InChI=1S/C29H30FN5O5S/c1-16(24-10-18(13-41-24)26(31)32)34-28(38)21-11-29(30,15-39-2)14-35(21)25(36)12-33-27(37)17-7-8-20-19-5-3-4-6-22(19)40-23(20)9-17/h3-10,13,16,21H,11-12,14-15H2,1-2H3,(H3,31,32)(H,33,37)(H,34,38)/t16-,21+,29-/m1/s1. The molecule has 214 valence electrons. The molecular weight excluding hydrogens is 549 g/mol. The largest absolute Gasteiger partial charge is 0.456 e. The number of methoxy groups -OCH3 is 1. The number of halogens is 1. The van der Waals surface area contributed by atoms with Gasteiger partial charge in [-0.25, -0.2) is 4.39 Å². The lowest BCUT2D eigenvalue weighted by molar-refractivity contribution is -0.138. The van der Waals surface area contributed by atoms with Gasteiger partial charge in [0, 0.05) is 45.7 Å². The van der Waals surface area contributed by atoms with Gasteiger partial charge < -0.3 is 30.4 Å². The number of nitrogens with two attached hydrogens (primary N) is 1. The number of carbonyl (C=O) groups is 3. The summed E-state index contributed by atoms with van der Waals surface area (Å²) in [7, 11) is 1.35. The Morgan fingerprint density at radius 2 is 1.95 bits per heavy atom. The summed E-state index contributed by atoms with van der Waals surface area (Å²) in [6.07, 6.45) is -0.245. The first-order valence-electron chi connectivity index (χ1n) is 13.0. The van der Waals surface area contributed by atoms with E-state index in [1.165, 1.54) is 18.4 Å². The Kier molecular flexibility index (Phi) is 7.78. The summed E-state index contributed by atoms with van der Waals surface area (Å²) in [6, 6.07) is 12.7. The zero-order valence-electron chi connectivity index (χ0n) is 22.5. The van der Waals surface area contributed by atoms with E-state index in [4.69, 9.17) is 20.3 Å². The molecule has 0 aliphatic carbocycles. The summed E-state index contributed by atoms with van der Waals surface area (Å²) in [4.78, 5) is 41.3. The van der Waals surface area contributed by atoms with Gasteiger partial charge in [-0.05, 0) is 37.3 Å². The second-order valence-electron chi connectivity index (χ2n) is 10.2. The second kappa shape index (κ2) is 11.3. The topological polar surface area (TPSA) is 151 Å². The fourth-order valence-electron chi connectivity index (χ4n) is 5.12. The van der Waals surface area contributed by atoms with Crippen LogP contribution in [-0.2, 0) is 14.3 Å². The minimum atomic E-state index is -1.92. The molecule has 0 unspecified atom stereocenters. The number of carbonyl (C=O) groups excluding carboxylic acids is 3. The highest BCUT2D eigenvalue weighted by molar-refractivity contribution is 7.10. The number of ether oxygens (including phenoxy) is 1. The molecule has 0 radical (unpaired) electrons. The van der Waals surface area contributed by atoms with Crippen molar-refractivity contribution >= 4 is 56.8 Å². The molecule has 0 spiro atoms. The van der Waals surface area contributed by atoms with Crippen molar-refractivity contribution in [2.45, 2.75) is 31.1 Å². The molecular formula is C29H30FN5O5S. The van der Waals surface area contributed by atoms with E-state index in [0.717, 1.165) is 20.5 Å². The second-order valence-corrected chi connectivity index (χ2v) is 11.1. The minimum absolute atomic E-state index is 0.0834. The van der Waals surface area contributed by atoms with E-state index in [9.17, 15) is 14.4 Å². The van der Waals surface area contributed by atoms with E-state index in [-0.39, 0.29) is 25.4 Å². The first kappa shape index (κ1) is 28.2. The Balaban J connectivity index is 1.27. The van der Waals surface area contributed by atoms with Gasteiger partial charge in [0.05, 0.1) is 25.7 Å². The molecule has 1 fully saturated rings. The van der Waals surface area contributed by atoms with E-state index in [1.54, 1.807) is 36.6 Å². The van der Waals surface area contributed by atoms with E-state index in [1.807, 2.05) is 24.3 Å². The number of fused-ring (bicyclic) bond motifs is 3. The highest BCUT2D eigenvalue weighted by Gasteiger charge is 2.49. The predicted octanol–water partition coefficient (Wildman–Crippen LogP) is 3.49. The van der Waals surface area contributed by atoms with E-state index >= 15 is 4.39 Å². The van der Waals surface area contributed by atoms with Crippen LogP contribution in [0, 0.1) is 5.41 Å². The highest BCUT2D eigenvalue weighted by Crippen LogP contribution is 2.33. The zero-order valence-corrected chi connectivity index (χ0v) is 23.3. The van der Waals surface area contributed by atoms with Gasteiger partial charge in [0.15, 0.2) is 5.67 Å². The summed E-state index contributed by atoms with van der Waals surface area (Å²) in [5.74, 6) is -1.71. The molecule has 3 amide bonds. The van der Waals surface area contributed by atoms with Crippen LogP contribution in [0.3, 0.4) is 0 Å². The number of amides is 3. The summed E-state index contributed by atoms with van der Waals surface area (Å²) in [5.41, 5.74) is 5.70. The third kappa shape index (κ3) is 5.79. The van der Waals surface area contributed by atoms with Gasteiger partial charge in [-0.15, -0.1) is 11.3 Å². The van der Waals surface area contributed by atoms with Gasteiger partial charge in [-0.2, -0.15) is 0 Å². The van der Waals surface area contributed by atoms with Crippen molar-refractivity contribution in [3.8, 4) is 0 Å². The number of benzene rings is 2.